The Kier molecular flexibility index (Phi) is 2.98. The first-order valence-corrected chi connectivity index (χ1v) is 3.25. The number of carbonyl (C=O) groups is 1. The van der Waals surface area contributed by atoms with Gasteiger partial charge in [-0.05, 0) is 20.8 Å². The number of halogens is 1. The van der Waals surface area contributed by atoms with Crippen LogP contribution in [-0.2, 0) is 9.53 Å². The quantitative estimate of drug-likeness (QED) is 0.324. The molecule has 0 aromatic rings. The van der Waals surface area contributed by atoms with Gasteiger partial charge in [0.25, 0.3) is 0 Å². The highest BCUT2D eigenvalue weighted by Gasteiger charge is 2.22. The van der Waals surface area contributed by atoms with Crippen LogP contribution in [-0.4, -0.2) is 12.0 Å². The summed E-state index contributed by atoms with van der Waals surface area (Å²) in [6, 6.07) is -0.0594. The first kappa shape index (κ1) is 8.76. The largest absolute Gasteiger partial charge is 0.449 e. The third-order valence-electron chi connectivity index (χ3n) is 0.798. The molecule has 0 N–H and O–H groups in total. The molecule has 0 fully saturated rings. The van der Waals surface area contributed by atoms with Crippen molar-refractivity contribution in [2.45, 2.75) is 20.8 Å². The Labute approximate surface area is 60.1 Å². The lowest BCUT2D eigenvalue weighted by Crippen LogP contribution is -2.22. The SMILES string of the molecule is CC(C)(C)C(=O)O[13CH2]Cl. The highest BCUT2D eigenvalue weighted by Crippen LogP contribution is 2.14. The lowest BCUT2D eigenvalue weighted by molar-refractivity contribution is -0.150. The molecule has 0 aromatic carbocycles. The molecule has 0 atom stereocenters. The standard InChI is InChI=1S/C6H11ClO2/c1-6(2,3)5(8)9-4-7/h4H2,1-3H3/i4+1. The Bertz CT molecular complexity index is 104. The zero-order valence-corrected chi connectivity index (χ0v) is 6.66. The van der Waals surface area contributed by atoms with E-state index in [4.69, 9.17) is 11.6 Å². The van der Waals surface area contributed by atoms with E-state index < -0.39 is 5.41 Å². The summed E-state index contributed by atoms with van der Waals surface area (Å²) >= 11 is 5.16. The minimum Gasteiger partial charge on any atom is -0.449 e. The molecule has 54 valence electrons. The fourth-order valence-electron chi connectivity index (χ4n) is 0.266. The van der Waals surface area contributed by atoms with Crippen molar-refractivity contribution in [3.05, 3.63) is 0 Å². The molecule has 0 rings (SSSR count). The van der Waals surface area contributed by atoms with Gasteiger partial charge in [0.05, 0.1) is 5.41 Å². The van der Waals surface area contributed by atoms with Crippen LogP contribution in [0.5, 0.6) is 0 Å². The van der Waals surface area contributed by atoms with Gasteiger partial charge >= 0.3 is 5.97 Å². The number of ether oxygens (including phenoxy) is 1. The van der Waals surface area contributed by atoms with E-state index in [0.717, 1.165) is 0 Å². The lowest BCUT2D eigenvalue weighted by Gasteiger charge is -2.14. The summed E-state index contributed by atoms with van der Waals surface area (Å²) < 4.78 is 4.53. The highest BCUT2D eigenvalue weighted by atomic mass is 35.5. The van der Waals surface area contributed by atoms with Crippen LogP contribution in [0.4, 0.5) is 0 Å². The van der Waals surface area contributed by atoms with Gasteiger partial charge in [0.1, 0.15) is 0 Å². The summed E-state index contributed by atoms with van der Waals surface area (Å²) in [5.41, 5.74) is -0.436. The second kappa shape index (κ2) is 3.06. The number of rotatable bonds is 1. The van der Waals surface area contributed by atoms with E-state index in [1.807, 2.05) is 0 Å². The molecule has 0 radical (unpaired) electrons. The Morgan fingerprint density at radius 2 is 2.00 bits per heavy atom. The molecule has 2 nitrogen and oxygen atoms in total. The Morgan fingerprint density at radius 3 is 2.11 bits per heavy atom. The van der Waals surface area contributed by atoms with Gasteiger partial charge in [-0.2, -0.15) is 0 Å². The van der Waals surface area contributed by atoms with Crippen LogP contribution >= 0.6 is 11.6 Å². The molecule has 0 saturated carbocycles. The first-order chi connectivity index (χ1) is 3.98. The predicted octanol–water partition coefficient (Wildman–Crippen LogP) is 1.77. The molecule has 9 heavy (non-hydrogen) atoms. The van der Waals surface area contributed by atoms with Gasteiger partial charge < -0.3 is 4.74 Å². The van der Waals surface area contributed by atoms with Crippen LogP contribution in [0.3, 0.4) is 0 Å². The second-order valence-electron chi connectivity index (χ2n) is 2.79. The third kappa shape index (κ3) is 3.36. The second-order valence-corrected chi connectivity index (χ2v) is 3.01. The van der Waals surface area contributed by atoms with Gasteiger partial charge in [-0.1, -0.05) is 11.6 Å². The molecule has 0 aliphatic rings. The molecular weight excluding hydrogens is 141 g/mol. The molecule has 0 unspecified atom stereocenters. The summed E-state index contributed by atoms with van der Waals surface area (Å²) in [5.74, 6) is -0.266. The maximum absolute atomic E-state index is 10.8. The monoisotopic (exact) mass is 151 g/mol. The van der Waals surface area contributed by atoms with Gasteiger partial charge in [-0.3, -0.25) is 4.79 Å². The molecule has 0 spiro atoms. The van der Waals surface area contributed by atoms with Crippen LogP contribution in [0.2, 0.25) is 0 Å². The van der Waals surface area contributed by atoms with E-state index in [9.17, 15) is 4.79 Å². The molecule has 0 amide bonds. The summed E-state index contributed by atoms with van der Waals surface area (Å²) in [6.45, 7) is 5.34. The minimum atomic E-state index is -0.436. The Balaban J connectivity index is 3.74. The molecule has 0 aliphatic heterocycles. The third-order valence-corrected chi connectivity index (χ3v) is 0.907. The number of hydrogen-bond donors (Lipinski definition) is 0. The van der Waals surface area contributed by atoms with Crippen molar-refractivity contribution < 1.29 is 9.53 Å². The number of carbonyl (C=O) groups excluding carboxylic acids is 1. The highest BCUT2D eigenvalue weighted by molar-refractivity contribution is 6.17. The van der Waals surface area contributed by atoms with Crippen LogP contribution in [0.15, 0.2) is 0 Å². The maximum Gasteiger partial charge on any atom is 0.312 e. The summed E-state index contributed by atoms with van der Waals surface area (Å²) in [4.78, 5) is 10.8. The van der Waals surface area contributed by atoms with E-state index >= 15 is 0 Å². The first-order valence-electron chi connectivity index (χ1n) is 2.71. The summed E-state index contributed by atoms with van der Waals surface area (Å²) in [5, 5.41) is 0. The summed E-state index contributed by atoms with van der Waals surface area (Å²) in [7, 11) is 0. The van der Waals surface area contributed by atoms with Crippen LogP contribution in [0, 0.1) is 5.41 Å². The fourth-order valence-corrected chi connectivity index (χ4v) is 0.365. The zero-order chi connectivity index (χ0) is 7.49. The maximum atomic E-state index is 10.8. The topological polar surface area (TPSA) is 26.3 Å². The molecule has 0 saturated heterocycles. The molecule has 0 bridgehead atoms. The van der Waals surface area contributed by atoms with Gasteiger partial charge in [0.15, 0.2) is 6.07 Å². The predicted molar refractivity (Wildman–Crippen MR) is 36.3 cm³/mol. The van der Waals surface area contributed by atoms with Crippen molar-refractivity contribution in [1.29, 1.82) is 0 Å². The van der Waals surface area contributed by atoms with Crippen LogP contribution in [0.1, 0.15) is 20.8 Å². The van der Waals surface area contributed by atoms with Gasteiger partial charge in [-0.15, -0.1) is 0 Å². The van der Waals surface area contributed by atoms with Crippen LogP contribution in [0.25, 0.3) is 0 Å². The fraction of sp³-hybridized carbons (Fsp3) is 0.833. The zero-order valence-electron chi connectivity index (χ0n) is 5.90. The smallest absolute Gasteiger partial charge is 0.312 e. The van der Waals surface area contributed by atoms with Crippen molar-refractivity contribution >= 4 is 17.6 Å². The Hall–Kier alpha value is -0.240. The van der Waals surface area contributed by atoms with E-state index in [2.05, 4.69) is 4.74 Å². The molecule has 0 aromatic heterocycles. The van der Waals surface area contributed by atoms with Crippen molar-refractivity contribution in [2.24, 2.45) is 5.41 Å². The van der Waals surface area contributed by atoms with Crippen molar-refractivity contribution in [2.75, 3.05) is 6.07 Å². The molecular formula is C6H11ClO2. The van der Waals surface area contributed by atoms with E-state index in [-0.39, 0.29) is 12.0 Å². The number of esters is 1. The Morgan fingerprint density at radius 1 is 1.56 bits per heavy atom. The van der Waals surface area contributed by atoms with E-state index in [1.165, 1.54) is 0 Å². The van der Waals surface area contributed by atoms with Gasteiger partial charge in [-0.25, -0.2) is 0 Å². The average Bonchev–Trinajstić information content (AvgIpc) is 1.64. The van der Waals surface area contributed by atoms with Crippen molar-refractivity contribution in [3.8, 4) is 0 Å². The van der Waals surface area contributed by atoms with Gasteiger partial charge in [0, 0.05) is 0 Å². The molecule has 0 heterocycles. The normalized spacial score (nSPS) is 11.1. The van der Waals surface area contributed by atoms with Gasteiger partial charge in [0.2, 0.25) is 0 Å². The van der Waals surface area contributed by atoms with E-state index in [0.29, 0.717) is 0 Å². The summed E-state index contributed by atoms with van der Waals surface area (Å²) in [6.07, 6.45) is 0. The van der Waals surface area contributed by atoms with Crippen molar-refractivity contribution in [3.63, 3.8) is 0 Å². The number of alkyl halides is 1. The van der Waals surface area contributed by atoms with Crippen molar-refractivity contribution in [1.82, 2.24) is 0 Å². The molecule has 3 heteroatoms. The van der Waals surface area contributed by atoms with Crippen LogP contribution < -0.4 is 0 Å². The minimum absolute atomic E-state index is 0.0594. The lowest BCUT2D eigenvalue weighted by atomic mass is 9.98. The number of hydrogen-bond acceptors (Lipinski definition) is 2. The molecule has 0 aliphatic carbocycles. The van der Waals surface area contributed by atoms with E-state index in [1.54, 1.807) is 20.8 Å². The average molecular weight is 152 g/mol.